The number of rotatable bonds is 5. The van der Waals surface area contributed by atoms with Gasteiger partial charge in [-0.25, -0.2) is 0 Å². The van der Waals surface area contributed by atoms with E-state index in [1.165, 1.54) is 18.2 Å². The van der Waals surface area contributed by atoms with Gasteiger partial charge >= 0.3 is 0 Å². The monoisotopic (exact) mass is 471 g/mol. The summed E-state index contributed by atoms with van der Waals surface area (Å²) in [5.41, 5.74) is 2.71. The zero-order valence-electron chi connectivity index (χ0n) is 17.3. The fourth-order valence-electron chi connectivity index (χ4n) is 3.43. The van der Waals surface area contributed by atoms with E-state index in [9.17, 15) is 14.9 Å². The first kappa shape index (κ1) is 21.2. The summed E-state index contributed by atoms with van der Waals surface area (Å²) >= 11 is 5.94. The van der Waals surface area contributed by atoms with Crippen LogP contribution in [0.15, 0.2) is 79.1 Å². The molecule has 1 N–H and O–H groups in total. The maximum atomic E-state index is 12.8. The first-order chi connectivity index (χ1) is 16.5. The molecule has 0 bridgehead atoms. The maximum Gasteiger partial charge on any atom is 0.282 e. The van der Waals surface area contributed by atoms with Gasteiger partial charge in [0, 0.05) is 40.3 Å². The van der Waals surface area contributed by atoms with Crippen molar-refractivity contribution in [3.8, 4) is 22.6 Å². The second-order valence-electron chi connectivity index (χ2n) is 7.20. The van der Waals surface area contributed by atoms with Gasteiger partial charge in [0.25, 0.3) is 11.6 Å². The number of halogens is 1. The Bertz CT molecular complexity index is 1550. The van der Waals surface area contributed by atoms with Crippen LogP contribution in [0.25, 0.3) is 28.3 Å². The van der Waals surface area contributed by atoms with Crippen LogP contribution in [-0.4, -0.2) is 35.6 Å². The first-order valence-electron chi connectivity index (χ1n) is 9.98. The van der Waals surface area contributed by atoms with E-state index >= 15 is 0 Å². The molecule has 3 aromatic heterocycles. The molecule has 0 spiro atoms. The maximum absolute atomic E-state index is 12.8. The Kier molecular flexibility index (Phi) is 5.40. The highest BCUT2D eigenvalue weighted by Crippen LogP contribution is 2.26. The van der Waals surface area contributed by atoms with Crippen molar-refractivity contribution in [1.82, 2.24) is 24.8 Å². The second-order valence-corrected chi connectivity index (χ2v) is 7.64. The fraction of sp³-hybridized carbons (Fsp3) is 0. The zero-order valence-corrected chi connectivity index (χ0v) is 18.0. The largest absolute Gasteiger partial charge is 0.322 e. The molecule has 3 heterocycles. The van der Waals surface area contributed by atoms with Crippen LogP contribution in [0, 0.1) is 10.1 Å². The Morgan fingerprint density at radius 3 is 2.59 bits per heavy atom. The Morgan fingerprint density at radius 2 is 1.79 bits per heavy atom. The molecule has 0 aliphatic rings. The van der Waals surface area contributed by atoms with Crippen LogP contribution in [0.1, 0.15) is 10.4 Å². The number of fused-ring (bicyclic) bond motifs is 1. The highest BCUT2D eigenvalue weighted by Gasteiger charge is 2.21. The van der Waals surface area contributed by atoms with E-state index in [4.69, 9.17) is 11.6 Å². The molecule has 0 radical (unpaired) electrons. The predicted molar refractivity (Wildman–Crippen MR) is 126 cm³/mol. The fourth-order valence-corrected chi connectivity index (χ4v) is 3.60. The van der Waals surface area contributed by atoms with Gasteiger partial charge in [0.2, 0.25) is 0 Å². The van der Waals surface area contributed by atoms with Crippen molar-refractivity contribution in [3.63, 3.8) is 0 Å². The number of nitrogens with one attached hydrogen (secondary N) is 1. The quantitative estimate of drug-likeness (QED) is 0.291. The minimum Gasteiger partial charge on any atom is -0.322 e. The summed E-state index contributed by atoms with van der Waals surface area (Å²) in [4.78, 5) is 27.5. The highest BCUT2D eigenvalue weighted by molar-refractivity contribution is 6.31. The Balaban J connectivity index is 1.48. The summed E-state index contributed by atoms with van der Waals surface area (Å²) in [6.45, 7) is 0. The third-order valence-corrected chi connectivity index (χ3v) is 5.25. The zero-order chi connectivity index (χ0) is 23.7. The molecule has 11 heteroatoms. The highest BCUT2D eigenvalue weighted by atomic mass is 35.5. The molecule has 5 aromatic rings. The van der Waals surface area contributed by atoms with Crippen molar-refractivity contribution in [2.75, 3.05) is 5.32 Å². The lowest BCUT2D eigenvalue weighted by Crippen LogP contribution is -2.14. The number of hydrogen-bond donors (Lipinski definition) is 1. The molecule has 0 saturated heterocycles. The molecular weight excluding hydrogens is 458 g/mol. The van der Waals surface area contributed by atoms with Crippen LogP contribution >= 0.6 is 11.6 Å². The predicted octanol–water partition coefficient (Wildman–Crippen LogP) is 4.67. The number of hydrogen-bond acceptors (Lipinski definition) is 7. The van der Waals surface area contributed by atoms with E-state index < -0.39 is 10.8 Å². The van der Waals surface area contributed by atoms with E-state index in [0.717, 1.165) is 11.1 Å². The van der Waals surface area contributed by atoms with Crippen molar-refractivity contribution < 1.29 is 9.72 Å². The van der Waals surface area contributed by atoms with Gasteiger partial charge in [-0.2, -0.15) is 9.61 Å². The van der Waals surface area contributed by atoms with Crippen LogP contribution < -0.4 is 5.32 Å². The summed E-state index contributed by atoms with van der Waals surface area (Å²) in [6, 6.07) is 18.0. The number of carbonyl (C=O) groups excluding carboxylic acids is 1. The molecule has 0 atom stereocenters. The lowest BCUT2D eigenvalue weighted by molar-refractivity contribution is -0.385. The SMILES string of the molecule is O=C(Nc1cccc(-c2ccc3nnc(-c4ccncc4)n3n2)c1)c1cc(Cl)ccc1[N+](=O)[O-]. The Hall–Kier alpha value is -4.70. The molecule has 5 rings (SSSR count). The molecule has 1 amide bonds. The minimum atomic E-state index is -0.645. The average Bonchev–Trinajstić information content (AvgIpc) is 3.28. The van der Waals surface area contributed by atoms with Crippen LogP contribution in [-0.2, 0) is 0 Å². The molecule has 0 aliphatic heterocycles. The molecule has 0 aliphatic carbocycles. The number of benzene rings is 2. The van der Waals surface area contributed by atoms with Gasteiger partial charge in [0.15, 0.2) is 11.5 Å². The van der Waals surface area contributed by atoms with E-state index in [1.54, 1.807) is 47.2 Å². The number of amides is 1. The molecule has 0 unspecified atom stereocenters. The number of nitro benzene ring substituents is 1. The van der Waals surface area contributed by atoms with Crippen LogP contribution in [0.4, 0.5) is 11.4 Å². The van der Waals surface area contributed by atoms with Gasteiger partial charge in [-0.1, -0.05) is 23.7 Å². The number of anilines is 1. The lowest BCUT2D eigenvalue weighted by Gasteiger charge is -2.09. The molecule has 0 saturated carbocycles. The van der Waals surface area contributed by atoms with E-state index in [2.05, 4.69) is 25.6 Å². The smallest absolute Gasteiger partial charge is 0.282 e. The molecule has 2 aromatic carbocycles. The van der Waals surface area contributed by atoms with Crippen LogP contribution in [0.3, 0.4) is 0 Å². The van der Waals surface area contributed by atoms with Gasteiger partial charge in [-0.05, 0) is 48.5 Å². The van der Waals surface area contributed by atoms with Gasteiger partial charge < -0.3 is 5.32 Å². The number of nitro groups is 1. The Labute approximate surface area is 197 Å². The number of carbonyl (C=O) groups is 1. The normalized spacial score (nSPS) is 10.9. The van der Waals surface area contributed by atoms with Crippen molar-refractivity contribution in [1.29, 1.82) is 0 Å². The third-order valence-electron chi connectivity index (χ3n) is 5.02. The molecule has 0 fully saturated rings. The number of aromatic nitrogens is 5. The molecular formula is C23H14ClN7O3. The third kappa shape index (κ3) is 4.05. The average molecular weight is 472 g/mol. The number of nitrogens with zero attached hydrogens (tertiary/aromatic N) is 6. The van der Waals surface area contributed by atoms with Crippen molar-refractivity contribution in [2.24, 2.45) is 0 Å². The molecule has 10 nitrogen and oxygen atoms in total. The van der Waals surface area contributed by atoms with Gasteiger partial charge in [-0.15, -0.1) is 10.2 Å². The van der Waals surface area contributed by atoms with Gasteiger partial charge in [-0.3, -0.25) is 19.9 Å². The summed E-state index contributed by atoms with van der Waals surface area (Å²) in [5, 5.41) is 27.3. The molecule has 166 valence electrons. The van der Waals surface area contributed by atoms with E-state index in [1.807, 2.05) is 18.2 Å². The topological polar surface area (TPSA) is 128 Å². The second kappa shape index (κ2) is 8.68. The van der Waals surface area contributed by atoms with Crippen molar-refractivity contribution in [3.05, 3.63) is 99.8 Å². The van der Waals surface area contributed by atoms with E-state index in [0.29, 0.717) is 22.9 Å². The summed E-state index contributed by atoms with van der Waals surface area (Å²) in [5.74, 6) is -0.0782. The van der Waals surface area contributed by atoms with Gasteiger partial charge in [0.05, 0.1) is 10.6 Å². The summed E-state index contributed by atoms with van der Waals surface area (Å²) in [7, 11) is 0. The van der Waals surface area contributed by atoms with Crippen molar-refractivity contribution in [2.45, 2.75) is 0 Å². The lowest BCUT2D eigenvalue weighted by atomic mass is 10.1. The summed E-state index contributed by atoms with van der Waals surface area (Å²) in [6.07, 6.45) is 3.33. The van der Waals surface area contributed by atoms with Crippen LogP contribution in [0.5, 0.6) is 0 Å². The van der Waals surface area contributed by atoms with Gasteiger partial charge in [0.1, 0.15) is 5.56 Å². The summed E-state index contributed by atoms with van der Waals surface area (Å²) < 4.78 is 1.63. The van der Waals surface area contributed by atoms with E-state index in [-0.39, 0.29) is 16.3 Å². The molecule has 34 heavy (non-hydrogen) atoms. The number of pyridine rings is 1. The minimum absolute atomic E-state index is 0.131. The standard InChI is InChI=1S/C23H14ClN7O3/c24-16-4-6-20(31(33)34)18(13-16)23(32)26-17-3-1-2-15(12-17)19-5-7-21-27-28-22(30(21)29-19)14-8-10-25-11-9-14/h1-13H,(H,26,32). The Morgan fingerprint density at radius 1 is 0.971 bits per heavy atom. The van der Waals surface area contributed by atoms with Crippen LogP contribution in [0.2, 0.25) is 5.02 Å². The first-order valence-corrected chi connectivity index (χ1v) is 10.4. The van der Waals surface area contributed by atoms with Crippen molar-refractivity contribution >= 4 is 34.5 Å².